The van der Waals surface area contributed by atoms with E-state index in [1.54, 1.807) is 0 Å². The SMILES string of the molecule is O=C1NC(=Nc2ccccc2)S/C1=C\c1cc(I)c(OCc2ccc(Cl)cc2)c(I)c1. The number of amidine groups is 1. The van der Waals surface area contributed by atoms with Gasteiger partial charge in [0, 0.05) is 5.02 Å². The number of aliphatic imine (C=N–C) groups is 1. The number of carbonyl (C=O) groups is 1. The van der Waals surface area contributed by atoms with E-state index in [1.165, 1.54) is 11.8 Å². The molecule has 0 spiro atoms. The van der Waals surface area contributed by atoms with Crippen LogP contribution in [0.1, 0.15) is 11.1 Å². The average Bonchev–Trinajstić information content (AvgIpc) is 3.08. The lowest BCUT2D eigenvalue weighted by molar-refractivity contribution is -0.115. The molecule has 1 heterocycles. The zero-order chi connectivity index (χ0) is 21.8. The van der Waals surface area contributed by atoms with Crippen LogP contribution in [0.25, 0.3) is 6.08 Å². The molecule has 0 aliphatic carbocycles. The highest BCUT2D eigenvalue weighted by atomic mass is 127. The molecule has 0 bridgehead atoms. The highest BCUT2D eigenvalue weighted by Crippen LogP contribution is 2.33. The fraction of sp³-hybridized carbons (Fsp3) is 0.0435. The first-order valence-corrected chi connectivity index (χ1v) is 12.5. The Kier molecular flexibility index (Phi) is 7.57. The maximum Gasteiger partial charge on any atom is 0.264 e. The first-order valence-electron chi connectivity index (χ1n) is 9.19. The molecule has 0 saturated carbocycles. The Hall–Kier alpha value is -1.56. The van der Waals surface area contributed by atoms with E-state index in [0.29, 0.717) is 21.7 Å². The minimum absolute atomic E-state index is 0.146. The van der Waals surface area contributed by atoms with Gasteiger partial charge in [-0.05, 0) is 111 Å². The Bertz CT molecular complexity index is 1160. The quantitative estimate of drug-likeness (QED) is 0.234. The third kappa shape index (κ3) is 6.03. The fourth-order valence-electron chi connectivity index (χ4n) is 2.79. The van der Waals surface area contributed by atoms with Crippen LogP contribution in [0.4, 0.5) is 5.69 Å². The second kappa shape index (κ2) is 10.4. The first kappa shape index (κ1) is 22.6. The summed E-state index contributed by atoms with van der Waals surface area (Å²) in [4.78, 5) is 17.5. The molecular weight excluding hydrogens is 658 g/mol. The zero-order valence-corrected chi connectivity index (χ0v) is 21.8. The van der Waals surface area contributed by atoms with Crippen LogP contribution in [0.2, 0.25) is 5.02 Å². The Labute approximate surface area is 216 Å². The molecule has 1 N–H and O–H groups in total. The van der Waals surface area contributed by atoms with E-state index in [2.05, 4.69) is 55.5 Å². The van der Waals surface area contributed by atoms with Crippen molar-refractivity contribution in [1.82, 2.24) is 5.32 Å². The van der Waals surface area contributed by atoms with Crippen molar-refractivity contribution in [1.29, 1.82) is 0 Å². The second-order valence-electron chi connectivity index (χ2n) is 6.55. The molecule has 0 atom stereocenters. The second-order valence-corrected chi connectivity index (χ2v) is 10.3. The van der Waals surface area contributed by atoms with Crippen LogP contribution in [-0.4, -0.2) is 11.1 Å². The number of nitrogens with one attached hydrogen (secondary N) is 1. The number of hydrogen-bond acceptors (Lipinski definition) is 4. The van der Waals surface area contributed by atoms with Crippen molar-refractivity contribution in [3.05, 3.63) is 94.9 Å². The molecule has 156 valence electrons. The van der Waals surface area contributed by atoms with Crippen LogP contribution in [0.3, 0.4) is 0 Å². The van der Waals surface area contributed by atoms with Gasteiger partial charge in [0.05, 0.1) is 17.7 Å². The van der Waals surface area contributed by atoms with Gasteiger partial charge in [-0.15, -0.1) is 0 Å². The summed E-state index contributed by atoms with van der Waals surface area (Å²) in [6.45, 7) is 0.459. The predicted molar refractivity (Wildman–Crippen MR) is 145 cm³/mol. The molecule has 0 unspecified atom stereocenters. The average molecular weight is 673 g/mol. The summed E-state index contributed by atoms with van der Waals surface area (Å²) in [6, 6.07) is 21.2. The van der Waals surface area contributed by atoms with Crippen LogP contribution in [0.5, 0.6) is 5.75 Å². The standard InChI is InChI=1S/C23H15ClI2N2O2S/c24-16-8-6-14(7-9-16)13-30-21-18(25)10-15(11-19(21)26)12-20-22(29)28-23(31-20)27-17-4-2-1-3-5-17/h1-12H,13H2,(H,27,28,29)/b20-12-. The van der Waals surface area contributed by atoms with Gasteiger partial charge in [-0.1, -0.05) is 41.9 Å². The molecule has 1 fully saturated rings. The highest BCUT2D eigenvalue weighted by Gasteiger charge is 2.24. The lowest BCUT2D eigenvalue weighted by Crippen LogP contribution is -2.19. The Morgan fingerprint density at radius 1 is 1.03 bits per heavy atom. The summed E-state index contributed by atoms with van der Waals surface area (Å²) in [6.07, 6.45) is 1.88. The van der Waals surface area contributed by atoms with Crippen molar-refractivity contribution < 1.29 is 9.53 Å². The molecule has 4 nitrogen and oxygen atoms in total. The molecule has 8 heteroatoms. The largest absolute Gasteiger partial charge is 0.487 e. The van der Waals surface area contributed by atoms with E-state index >= 15 is 0 Å². The van der Waals surface area contributed by atoms with Gasteiger partial charge in [0.2, 0.25) is 0 Å². The van der Waals surface area contributed by atoms with Gasteiger partial charge in [-0.25, -0.2) is 4.99 Å². The van der Waals surface area contributed by atoms with E-state index in [-0.39, 0.29) is 5.91 Å². The Morgan fingerprint density at radius 3 is 2.39 bits per heavy atom. The number of nitrogens with zero attached hydrogens (tertiary/aromatic N) is 1. The molecule has 1 aliphatic heterocycles. The topological polar surface area (TPSA) is 50.7 Å². The number of carbonyl (C=O) groups excluding carboxylic acids is 1. The van der Waals surface area contributed by atoms with Gasteiger partial charge in [0.15, 0.2) is 5.17 Å². The normalized spacial score (nSPS) is 16.0. The molecule has 3 aromatic rings. The molecule has 0 radical (unpaired) electrons. The number of benzene rings is 3. The van der Waals surface area contributed by atoms with Crippen molar-refractivity contribution in [2.45, 2.75) is 6.61 Å². The van der Waals surface area contributed by atoms with Gasteiger partial charge in [-0.2, -0.15) is 0 Å². The molecule has 1 amide bonds. The van der Waals surface area contributed by atoms with Crippen LogP contribution in [-0.2, 0) is 11.4 Å². The van der Waals surface area contributed by atoms with Gasteiger partial charge in [-0.3, -0.25) is 4.79 Å². The summed E-state index contributed by atoms with van der Waals surface area (Å²) in [5.74, 6) is 0.681. The van der Waals surface area contributed by atoms with Crippen molar-refractivity contribution in [2.24, 2.45) is 4.99 Å². The number of amides is 1. The summed E-state index contributed by atoms with van der Waals surface area (Å²) >= 11 is 11.8. The predicted octanol–water partition coefficient (Wildman–Crippen LogP) is 7.02. The lowest BCUT2D eigenvalue weighted by Gasteiger charge is -2.12. The number of thioether (sulfide) groups is 1. The van der Waals surface area contributed by atoms with E-state index in [9.17, 15) is 4.79 Å². The molecule has 3 aromatic carbocycles. The van der Waals surface area contributed by atoms with Gasteiger partial charge in [0.25, 0.3) is 5.91 Å². The van der Waals surface area contributed by atoms with E-state index < -0.39 is 0 Å². The van der Waals surface area contributed by atoms with Crippen molar-refractivity contribution in [3.63, 3.8) is 0 Å². The molecule has 0 aromatic heterocycles. The van der Waals surface area contributed by atoms with E-state index in [0.717, 1.165) is 29.7 Å². The smallest absolute Gasteiger partial charge is 0.264 e. The molecule has 4 rings (SSSR count). The van der Waals surface area contributed by atoms with Crippen LogP contribution in [0.15, 0.2) is 76.6 Å². The fourth-order valence-corrected chi connectivity index (χ4v) is 5.88. The Morgan fingerprint density at radius 2 is 1.71 bits per heavy atom. The first-order chi connectivity index (χ1) is 15.0. The number of hydrogen-bond donors (Lipinski definition) is 1. The number of rotatable bonds is 5. The highest BCUT2D eigenvalue weighted by molar-refractivity contribution is 14.1. The third-order valence-corrected chi connectivity index (χ3v) is 7.02. The number of para-hydroxylation sites is 1. The Balaban J connectivity index is 1.50. The molecular formula is C23H15ClI2N2O2S. The van der Waals surface area contributed by atoms with Crippen molar-refractivity contribution in [3.8, 4) is 5.75 Å². The number of ether oxygens (including phenoxy) is 1. The lowest BCUT2D eigenvalue weighted by atomic mass is 10.2. The third-order valence-electron chi connectivity index (χ3n) is 4.25. The minimum Gasteiger partial charge on any atom is -0.487 e. The summed E-state index contributed by atoms with van der Waals surface area (Å²) in [7, 11) is 0. The number of halogens is 3. The van der Waals surface area contributed by atoms with Gasteiger partial charge in [0.1, 0.15) is 12.4 Å². The monoisotopic (exact) mass is 672 g/mol. The van der Waals surface area contributed by atoms with Gasteiger partial charge < -0.3 is 10.1 Å². The van der Waals surface area contributed by atoms with Crippen LogP contribution in [0, 0.1) is 7.14 Å². The van der Waals surface area contributed by atoms with E-state index in [1.807, 2.05) is 72.8 Å². The van der Waals surface area contributed by atoms with Crippen molar-refractivity contribution >= 4 is 91.4 Å². The van der Waals surface area contributed by atoms with Crippen molar-refractivity contribution in [2.75, 3.05) is 0 Å². The maximum absolute atomic E-state index is 12.4. The summed E-state index contributed by atoms with van der Waals surface area (Å²) in [5, 5.41) is 4.11. The zero-order valence-electron chi connectivity index (χ0n) is 15.9. The van der Waals surface area contributed by atoms with Gasteiger partial charge >= 0.3 is 0 Å². The van der Waals surface area contributed by atoms with Crippen LogP contribution >= 0.6 is 68.5 Å². The summed E-state index contributed by atoms with van der Waals surface area (Å²) in [5.41, 5.74) is 2.79. The maximum atomic E-state index is 12.4. The minimum atomic E-state index is -0.146. The van der Waals surface area contributed by atoms with Crippen LogP contribution < -0.4 is 10.1 Å². The molecule has 1 aliphatic rings. The summed E-state index contributed by atoms with van der Waals surface area (Å²) < 4.78 is 8.00. The molecule has 1 saturated heterocycles. The molecule has 31 heavy (non-hydrogen) atoms. The van der Waals surface area contributed by atoms with E-state index in [4.69, 9.17) is 16.3 Å².